The Hall–Kier alpha value is -2.95. The van der Waals surface area contributed by atoms with E-state index in [0.717, 1.165) is 27.8 Å². The van der Waals surface area contributed by atoms with Crippen molar-refractivity contribution in [1.29, 1.82) is 0 Å². The van der Waals surface area contributed by atoms with Gasteiger partial charge in [0.1, 0.15) is 6.10 Å². The minimum atomic E-state index is -1.30. The highest BCUT2D eigenvalue weighted by Gasteiger charge is 2.58. The molecular weight excluding hydrogens is 388 g/mol. The van der Waals surface area contributed by atoms with Gasteiger partial charge in [0.15, 0.2) is 6.29 Å². The largest absolute Gasteiger partial charge is 0.464 e. The Balaban J connectivity index is 1.85. The van der Waals surface area contributed by atoms with Gasteiger partial charge >= 0.3 is 5.97 Å². The standard InChI is InChI=1S/C27H28O4/c1-4-29-26(28)27(18-21-14-6-5-7-15-21)24(22-16-10-8-12-19(22)2)30-25(31-27)23-17-11-9-13-20(23)3/h5-17,24-25H,4,18H2,1-3H3/t24-,25-,27-/m1/s1. The molecule has 1 heterocycles. The summed E-state index contributed by atoms with van der Waals surface area (Å²) in [5, 5.41) is 0. The number of carbonyl (C=O) groups excluding carboxylic acids is 1. The van der Waals surface area contributed by atoms with Gasteiger partial charge in [0.05, 0.1) is 6.61 Å². The third-order valence-electron chi connectivity index (χ3n) is 5.84. The van der Waals surface area contributed by atoms with Crippen LogP contribution in [-0.4, -0.2) is 18.2 Å². The molecule has 0 spiro atoms. The molecule has 0 saturated carbocycles. The highest BCUT2D eigenvalue weighted by molar-refractivity contribution is 5.82. The van der Waals surface area contributed by atoms with Crippen molar-refractivity contribution < 1.29 is 19.0 Å². The third kappa shape index (κ3) is 4.14. The highest BCUT2D eigenvalue weighted by atomic mass is 16.8. The first-order valence-electron chi connectivity index (χ1n) is 10.7. The maximum atomic E-state index is 13.5. The van der Waals surface area contributed by atoms with E-state index in [9.17, 15) is 4.79 Å². The number of aryl methyl sites for hydroxylation is 2. The lowest BCUT2D eigenvalue weighted by Crippen LogP contribution is -2.46. The Morgan fingerprint density at radius 2 is 1.45 bits per heavy atom. The lowest BCUT2D eigenvalue weighted by atomic mass is 9.84. The maximum absolute atomic E-state index is 13.5. The van der Waals surface area contributed by atoms with Gasteiger partial charge in [0, 0.05) is 12.0 Å². The predicted molar refractivity (Wildman–Crippen MR) is 120 cm³/mol. The number of carbonyl (C=O) groups is 1. The Labute approximate surface area is 183 Å². The molecule has 160 valence electrons. The van der Waals surface area contributed by atoms with Gasteiger partial charge in [-0.15, -0.1) is 0 Å². The molecule has 1 saturated heterocycles. The fourth-order valence-corrected chi connectivity index (χ4v) is 4.22. The van der Waals surface area contributed by atoms with Crippen molar-refractivity contribution in [3.63, 3.8) is 0 Å². The van der Waals surface area contributed by atoms with Crippen LogP contribution >= 0.6 is 0 Å². The summed E-state index contributed by atoms with van der Waals surface area (Å²) in [7, 11) is 0. The number of hydrogen-bond acceptors (Lipinski definition) is 4. The topological polar surface area (TPSA) is 44.8 Å². The lowest BCUT2D eigenvalue weighted by Gasteiger charge is -2.31. The monoisotopic (exact) mass is 416 g/mol. The molecule has 0 unspecified atom stereocenters. The predicted octanol–water partition coefficient (Wildman–Crippen LogP) is 5.63. The Bertz CT molecular complexity index is 1050. The number of esters is 1. The molecule has 0 N–H and O–H groups in total. The van der Waals surface area contributed by atoms with Crippen molar-refractivity contribution in [1.82, 2.24) is 0 Å². The average Bonchev–Trinajstić information content (AvgIpc) is 3.15. The van der Waals surface area contributed by atoms with E-state index in [2.05, 4.69) is 0 Å². The molecule has 0 amide bonds. The van der Waals surface area contributed by atoms with Crippen LogP contribution in [0.15, 0.2) is 78.9 Å². The van der Waals surface area contributed by atoms with Crippen LogP contribution < -0.4 is 0 Å². The molecule has 0 radical (unpaired) electrons. The van der Waals surface area contributed by atoms with Crippen LogP contribution in [-0.2, 0) is 25.4 Å². The van der Waals surface area contributed by atoms with E-state index < -0.39 is 24.0 Å². The van der Waals surface area contributed by atoms with Crippen molar-refractivity contribution in [2.75, 3.05) is 6.61 Å². The van der Waals surface area contributed by atoms with Crippen LogP contribution in [0.3, 0.4) is 0 Å². The van der Waals surface area contributed by atoms with E-state index >= 15 is 0 Å². The third-order valence-corrected chi connectivity index (χ3v) is 5.84. The van der Waals surface area contributed by atoms with Gasteiger partial charge < -0.3 is 14.2 Å². The number of rotatable bonds is 6. The van der Waals surface area contributed by atoms with Gasteiger partial charge in [-0.2, -0.15) is 0 Å². The lowest BCUT2D eigenvalue weighted by molar-refractivity contribution is -0.173. The molecule has 3 aromatic rings. The van der Waals surface area contributed by atoms with E-state index in [-0.39, 0.29) is 6.61 Å². The molecule has 0 aromatic heterocycles. The smallest absolute Gasteiger partial charge is 0.342 e. The van der Waals surface area contributed by atoms with E-state index in [1.807, 2.05) is 99.6 Å². The van der Waals surface area contributed by atoms with Crippen molar-refractivity contribution in [3.05, 3.63) is 107 Å². The second-order valence-electron chi connectivity index (χ2n) is 7.95. The summed E-state index contributed by atoms with van der Waals surface area (Å²) in [6.07, 6.45) is -0.912. The molecule has 3 aromatic carbocycles. The second kappa shape index (κ2) is 9.04. The SMILES string of the molecule is CCOC(=O)[C@]1(Cc2ccccc2)O[C@H](c2ccccc2C)O[C@@H]1c1ccccc1C. The first-order chi connectivity index (χ1) is 15.0. The summed E-state index contributed by atoms with van der Waals surface area (Å²) in [5.74, 6) is -0.400. The normalized spacial score (nSPS) is 22.9. The van der Waals surface area contributed by atoms with Crippen molar-refractivity contribution in [3.8, 4) is 0 Å². The zero-order valence-electron chi connectivity index (χ0n) is 18.2. The van der Waals surface area contributed by atoms with Crippen molar-refractivity contribution in [2.45, 2.75) is 45.2 Å². The summed E-state index contributed by atoms with van der Waals surface area (Å²) in [4.78, 5) is 13.5. The highest BCUT2D eigenvalue weighted by Crippen LogP contribution is 2.50. The van der Waals surface area contributed by atoms with Crippen molar-refractivity contribution >= 4 is 5.97 Å². The molecule has 0 bridgehead atoms. The summed E-state index contributed by atoms with van der Waals surface area (Å²) in [6, 6.07) is 25.8. The zero-order valence-corrected chi connectivity index (χ0v) is 18.2. The van der Waals surface area contributed by atoms with Crippen LogP contribution in [0.1, 0.15) is 47.1 Å². The Morgan fingerprint density at radius 3 is 2.06 bits per heavy atom. The van der Waals surface area contributed by atoms with E-state index in [0.29, 0.717) is 6.42 Å². The van der Waals surface area contributed by atoms with E-state index in [1.54, 1.807) is 0 Å². The van der Waals surface area contributed by atoms with Gasteiger partial charge in [-0.25, -0.2) is 4.79 Å². The first kappa shape index (κ1) is 21.3. The van der Waals surface area contributed by atoms with Crippen molar-refractivity contribution in [2.24, 2.45) is 0 Å². The molecule has 4 rings (SSSR count). The molecule has 3 atom stereocenters. The fourth-order valence-electron chi connectivity index (χ4n) is 4.22. The van der Waals surface area contributed by atoms with Crippen LogP contribution in [0, 0.1) is 13.8 Å². The van der Waals surface area contributed by atoms with E-state index in [1.165, 1.54) is 0 Å². The van der Waals surface area contributed by atoms with Crippen LogP contribution in [0.25, 0.3) is 0 Å². The Morgan fingerprint density at radius 1 is 0.871 bits per heavy atom. The zero-order chi connectivity index (χ0) is 21.8. The summed E-state index contributed by atoms with van der Waals surface area (Å²) < 4.78 is 18.7. The molecule has 4 heteroatoms. The van der Waals surface area contributed by atoms with Gasteiger partial charge in [0.2, 0.25) is 5.60 Å². The quantitative estimate of drug-likeness (QED) is 0.488. The maximum Gasteiger partial charge on any atom is 0.342 e. The molecule has 4 nitrogen and oxygen atoms in total. The second-order valence-corrected chi connectivity index (χ2v) is 7.95. The molecule has 31 heavy (non-hydrogen) atoms. The van der Waals surface area contributed by atoms with Crippen LogP contribution in [0.4, 0.5) is 0 Å². The molecule has 1 aliphatic heterocycles. The summed E-state index contributed by atoms with van der Waals surface area (Å²) >= 11 is 0. The summed E-state index contributed by atoms with van der Waals surface area (Å²) in [5.41, 5.74) is 3.64. The number of hydrogen-bond donors (Lipinski definition) is 0. The van der Waals surface area contributed by atoms with E-state index in [4.69, 9.17) is 14.2 Å². The fraction of sp³-hybridized carbons (Fsp3) is 0.296. The van der Waals surface area contributed by atoms with Gasteiger partial charge in [-0.05, 0) is 43.0 Å². The first-order valence-corrected chi connectivity index (χ1v) is 10.7. The number of benzene rings is 3. The summed E-state index contributed by atoms with van der Waals surface area (Å²) in [6.45, 7) is 6.13. The Kier molecular flexibility index (Phi) is 6.21. The molecule has 0 aliphatic carbocycles. The van der Waals surface area contributed by atoms with Gasteiger partial charge in [-0.3, -0.25) is 0 Å². The molecule has 1 fully saturated rings. The van der Waals surface area contributed by atoms with Crippen LogP contribution in [0.2, 0.25) is 0 Å². The molecular formula is C27H28O4. The van der Waals surface area contributed by atoms with Gasteiger partial charge in [-0.1, -0.05) is 78.9 Å². The van der Waals surface area contributed by atoms with Gasteiger partial charge in [0.25, 0.3) is 0 Å². The minimum absolute atomic E-state index is 0.272. The minimum Gasteiger partial charge on any atom is -0.464 e. The number of ether oxygens (including phenoxy) is 3. The van der Waals surface area contributed by atoms with Crippen LogP contribution in [0.5, 0.6) is 0 Å². The molecule has 1 aliphatic rings. The average molecular weight is 417 g/mol.